The maximum Gasteiger partial charge on any atom is 0.268 e. The van der Waals surface area contributed by atoms with Crippen LogP contribution in [0.25, 0.3) is 0 Å². The Morgan fingerprint density at radius 3 is 2.69 bits per heavy atom. The van der Waals surface area contributed by atoms with E-state index >= 15 is 0 Å². The second-order valence-corrected chi connectivity index (χ2v) is 8.36. The van der Waals surface area contributed by atoms with Crippen molar-refractivity contribution in [2.75, 3.05) is 5.73 Å². The number of hydrogen-bond acceptors (Lipinski definition) is 5. The highest BCUT2D eigenvalue weighted by Gasteiger charge is 2.23. The third-order valence-electron chi connectivity index (χ3n) is 4.24. The van der Waals surface area contributed by atoms with Crippen molar-refractivity contribution in [3.63, 3.8) is 0 Å². The minimum atomic E-state index is -0.812. The summed E-state index contributed by atoms with van der Waals surface area (Å²) < 4.78 is 0. The van der Waals surface area contributed by atoms with Crippen molar-refractivity contribution in [3.8, 4) is 0 Å². The lowest BCUT2D eigenvalue weighted by Crippen LogP contribution is -2.48. The number of halogens is 2. The van der Waals surface area contributed by atoms with Gasteiger partial charge >= 0.3 is 0 Å². The molecule has 0 saturated heterocycles. The Balaban J connectivity index is 1.75. The van der Waals surface area contributed by atoms with Crippen molar-refractivity contribution in [1.82, 2.24) is 20.6 Å². The lowest BCUT2D eigenvalue weighted by atomic mass is 10.0. The molecule has 0 saturated carbocycles. The Hall–Kier alpha value is -2.55. The first-order chi connectivity index (χ1) is 13.8. The summed E-state index contributed by atoms with van der Waals surface area (Å²) in [6, 6.07) is 6.08. The minimum absolute atomic E-state index is 0.249. The van der Waals surface area contributed by atoms with Crippen LogP contribution in [0.1, 0.15) is 26.5 Å². The molecule has 7 nitrogen and oxygen atoms in total. The maximum absolute atomic E-state index is 12.8. The van der Waals surface area contributed by atoms with E-state index in [2.05, 4.69) is 20.6 Å². The fourth-order valence-corrected chi connectivity index (χ4v) is 3.68. The Bertz CT molecular complexity index is 1030. The van der Waals surface area contributed by atoms with Gasteiger partial charge in [0.15, 0.2) is 5.13 Å². The Labute approximate surface area is 181 Å². The summed E-state index contributed by atoms with van der Waals surface area (Å²) in [6.45, 7) is 2.08. The van der Waals surface area contributed by atoms with Gasteiger partial charge in [0.2, 0.25) is 5.91 Å². The maximum atomic E-state index is 12.8. The van der Waals surface area contributed by atoms with Gasteiger partial charge < -0.3 is 21.4 Å². The number of aromatic nitrogens is 2. The van der Waals surface area contributed by atoms with E-state index in [-0.39, 0.29) is 24.8 Å². The van der Waals surface area contributed by atoms with E-state index in [4.69, 9.17) is 28.9 Å². The van der Waals surface area contributed by atoms with E-state index in [1.807, 2.05) is 6.92 Å². The molecule has 2 amide bonds. The number of rotatable bonds is 7. The molecular weight excluding hydrogens is 433 g/mol. The first-order valence-electron chi connectivity index (χ1n) is 8.70. The van der Waals surface area contributed by atoms with Gasteiger partial charge in [0.25, 0.3) is 5.91 Å². The lowest BCUT2D eigenvalue weighted by Gasteiger charge is -2.19. The van der Waals surface area contributed by atoms with Crippen molar-refractivity contribution in [2.24, 2.45) is 0 Å². The fraction of sp³-hybridized carbons (Fsp3) is 0.211. The van der Waals surface area contributed by atoms with Crippen LogP contribution >= 0.6 is 34.5 Å². The largest absolute Gasteiger partial charge is 0.375 e. The number of aryl methyl sites for hydroxylation is 1. The molecule has 10 heteroatoms. The third-order valence-corrected chi connectivity index (χ3v) is 5.80. The molecule has 29 heavy (non-hydrogen) atoms. The molecule has 1 unspecified atom stereocenters. The molecule has 2 heterocycles. The highest BCUT2D eigenvalue weighted by Crippen LogP contribution is 2.23. The van der Waals surface area contributed by atoms with Crippen LogP contribution in [0.2, 0.25) is 10.0 Å². The first kappa shape index (κ1) is 21.2. The van der Waals surface area contributed by atoms with Crippen LogP contribution in [-0.4, -0.2) is 27.8 Å². The van der Waals surface area contributed by atoms with E-state index in [1.54, 1.807) is 36.7 Å². The molecule has 5 N–H and O–H groups in total. The smallest absolute Gasteiger partial charge is 0.268 e. The van der Waals surface area contributed by atoms with Gasteiger partial charge in [-0.15, -0.1) is 11.3 Å². The van der Waals surface area contributed by atoms with Gasteiger partial charge in [-0.25, -0.2) is 4.98 Å². The average Bonchev–Trinajstić information content (AvgIpc) is 3.30. The summed E-state index contributed by atoms with van der Waals surface area (Å²) >= 11 is 13.3. The molecule has 0 spiro atoms. The molecule has 0 radical (unpaired) electrons. The summed E-state index contributed by atoms with van der Waals surface area (Å²) in [5.41, 5.74) is 7.58. The summed E-state index contributed by atoms with van der Waals surface area (Å²) in [7, 11) is 0. The van der Waals surface area contributed by atoms with Crippen molar-refractivity contribution in [3.05, 3.63) is 68.4 Å². The second kappa shape index (κ2) is 9.30. The van der Waals surface area contributed by atoms with E-state index in [9.17, 15) is 9.59 Å². The molecule has 2 aromatic heterocycles. The predicted octanol–water partition coefficient (Wildman–Crippen LogP) is 3.33. The van der Waals surface area contributed by atoms with Gasteiger partial charge in [-0.3, -0.25) is 9.59 Å². The van der Waals surface area contributed by atoms with Crippen LogP contribution in [0.4, 0.5) is 5.13 Å². The van der Waals surface area contributed by atoms with Gasteiger partial charge in [-0.05, 0) is 36.2 Å². The highest BCUT2D eigenvalue weighted by atomic mass is 35.5. The number of nitrogens with zero attached hydrogens (tertiary/aromatic N) is 1. The number of carbonyl (C=O) groups excluding carboxylic acids is 2. The van der Waals surface area contributed by atoms with E-state index in [0.29, 0.717) is 20.9 Å². The summed E-state index contributed by atoms with van der Waals surface area (Å²) in [6.07, 6.45) is 3.53. The number of aromatic amines is 1. The number of benzene rings is 1. The standard InChI is InChI=1S/C19H19Cl2N5O2S/c1-10-4-5-23-16(10)18(28)26-15(7-11-2-3-13(20)14(21)6-11)17(27)24-8-12-9-25-19(22)29-12/h2-6,9,15,23H,7-8H2,1H3,(H2,22,25)(H,24,27)(H,26,28). The number of hydrogen-bond donors (Lipinski definition) is 4. The molecule has 3 rings (SSSR count). The van der Waals surface area contributed by atoms with E-state index < -0.39 is 6.04 Å². The topological polar surface area (TPSA) is 113 Å². The average molecular weight is 452 g/mol. The van der Waals surface area contributed by atoms with Crippen LogP contribution < -0.4 is 16.4 Å². The third kappa shape index (κ3) is 5.50. The number of nitrogens with two attached hydrogens (primary N) is 1. The summed E-state index contributed by atoms with van der Waals surface area (Å²) in [5.74, 6) is -0.699. The molecule has 0 aliphatic rings. The second-order valence-electron chi connectivity index (χ2n) is 6.40. The van der Waals surface area contributed by atoms with Crippen molar-refractivity contribution >= 4 is 51.5 Å². The molecule has 1 aromatic carbocycles. The van der Waals surface area contributed by atoms with Crippen LogP contribution in [0.15, 0.2) is 36.7 Å². The molecule has 152 valence electrons. The number of anilines is 1. The fourth-order valence-electron chi connectivity index (χ4n) is 2.74. The summed E-state index contributed by atoms with van der Waals surface area (Å²) in [4.78, 5) is 33.1. The number of nitrogens with one attached hydrogen (secondary N) is 3. The molecule has 0 fully saturated rings. The Morgan fingerprint density at radius 2 is 2.07 bits per heavy atom. The molecule has 3 aromatic rings. The minimum Gasteiger partial charge on any atom is -0.375 e. The van der Waals surface area contributed by atoms with Gasteiger partial charge in [0, 0.05) is 23.7 Å². The van der Waals surface area contributed by atoms with Gasteiger partial charge in [-0.2, -0.15) is 0 Å². The van der Waals surface area contributed by atoms with E-state index in [1.165, 1.54) is 11.3 Å². The van der Waals surface area contributed by atoms with Crippen LogP contribution in [-0.2, 0) is 17.8 Å². The summed E-state index contributed by atoms with van der Waals surface area (Å²) in [5, 5.41) is 6.84. The number of thiazole rings is 1. The number of carbonyl (C=O) groups is 2. The zero-order valence-corrected chi connectivity index (χ0v) is 17.8. The van der Waals surface area contributed by atoms with Crippen LogP contribution in [0, 0.1) is 6.92 Å². The SMILES string of the molecule is Cc1cc[nH]c1C(=O)NC(Cc1ccc(Cl)c(Cl)c1)C(=O)NCc1cnc(N)s1. The van der Waals surface area contributed by atoms with Gasteiger partial charge in [0.05, 0.1) is 16.6 Å². The monoisotopic (exact) mass is 451 g/mol. The van der Waals surface area contributed by atoms with E-state index in [0.717, 1.165) is 16.0 Å². The van der Waals surface area contributed by atoms with Crippen molar-refractivity contribution in [2.45, 2.75) is 25.9 Å². The number of H-pyrrole nitrogens is 1. The Kier molecular flexibility index (Phi) is 6.79. The molecule has 0 aliphatic heterocycles. The normalized spacial score (nSPS) is 11.8. The zero-order valence-electron chi connectivity index (χ0n) is 15.5. The zero-order chi connectivity index (χ0) is 21.0. The quantitative estimate of drug-likeness (QED) is 0.441. The molecule has 0 bridgehead atoms. The van der Waals surface area contributed by atoms with Crippen LogP contribution in [0.5, 0.6) is 0 Å². The van der Waals surface area contributed by atoms with Gasteiger partial charge in [0.1, 0.15) is 11.7 Å². The van der Waals surface area contributed by atoms with Crippen molar-refractivity contribution < 1.29 is 9.59 Å². The van der Waals surface area contributed by atoms with Gasteiger partial charge in [-0.1, -0.05) is 29.3 Å². The Morgan fingerprint density at radius 1 is 1.28 bits per heavy atom. The van der Waals surface area contributed by atoms with Crippen LogP contribution in [0.3, 0.4) is 0 Å². The first-order valence-corrected chi connectivity index (χ1v) is 10.3. The predicted molar refractivity (Wildman–Crippen MR) is 115 cm³/mol. The molecular formula is C19H19Cl2N5O2S. The lowest BCUT2D eigenvalue weighted by molar-refractivity contribution is -0.123. The highest BCUT2D eigenvalue weighted by molar-refractivity contribution is 7.15. The number of amides is 2. The van der Waals surface area contributed by atoms with Crippen molar-refractivity contribution in [1.29, 1.82) is 0 Å². The molecule has 0 aliphatic carbocycles. The molecule has 1 atom stereocenters. The number of nitrogen functional groups attached to an aromatic ring is 1.